The molecule has 0 unspecified atom stereocenters. The average Bonchev–Trinajstić information content (AvgIpc) is 2.71. The number of amides is 2. The first-order valence-electron chi connectivity index (χ1n) is 11.1. The van der Waals surface area contributed by atoms with E-state index in [0.717, 1.165) is 69.5 Å². The van der Waals surface area contributed by atoms with Crippen LogP contribution >= 0.6 is 0 Å². The highest BCUT2D eigenvalue weighted by atomic mass is 16.2. The lowest BCUT2D eigenvalue weighted by Crippen LogP contribution is -2.54. The summed E-state index contributed by atoms with van der Waals surface area (Å²) in [6, 6.07) is 3.63. The summed E-state index contributed by atoms with van der Waals surface area (Å²) in [5.41, 5.74) is 0.613. The summed E-state index contributed by atoms with van der Waals surface area (Å²) < 4.78 is 0. The molecule has 0 aromatic carbocycles. The predicted molar refractivity (Wildman–Crippen MR) is 106 cm³/mol. The summed E-state index contributed by atoms with van der Waals surface area (Å²) in [4.78, 5) is 31.6. The van der Waals surface area contributed by atoms with Gasteiger partial charge in [-0.15, -0.1) is 0 Å². The molecular formula is C23H31N3O2. The third-order valence-corrected chi connectivity index (χ3v) is 7.88. The summed E-state index contributed by atoms with van der Waals surface area (Å²) >= 11 is 0. The Morgan fingerprint density at radius 1 is 1.07 bits per heavy atom. The van der Waals surface area contributed by atoms with Crippen LogP contribution in [-0.4, -0.2) is 41.3 Å². The molecule has 4 bridgehead atoms. The first kappa shape index (κ1) is 18.1. The number of aromatic nitrogens is 1. The molecule has 4 aliphatic carbocycles. The molecule has 28 heavy (non-hydrogen) atoms. The zero-order valence-corrected chi connectivity index (χ0v) is 16.6. The van der Waals surface area contributed by atoms with E-state index < -0.39 is 0 Å². The fourth-order valence-electron chi connectivity index (χ4n) is 6.83. The first-order valence-corrected chi connectivity index (χ1v) is 11.1. The van der Waals surface area contributed by atoms with Crippen LogP contribution in [0.15, 0.2) is 24.5 Å². The van der Waals surface area contributed by atoms with Gasteiger partial charge in [0, 0.05) is 37.4 Å². The maximum atomic E-state index is 13.1. The summed E-state index contributed by atoms with van der Waals surface area (Å²) in [6.07, 6.45) is 12.8. The Morgan fingerprint density at radius 3 is 2.29 bits per heavy atom. The molecular weight excluding hydrogens is 350 g/mol. The van der Waals surface area contributed by atoms with E-state index >= 15 is 0 Å². The molecule has 1 saturated heterocycles. The van der Waals surface area contributed by atoms with Gasteiger partial charge >= 0.3 is 0 Å². The quantitative estimate of drug-likeness (QED) is 0.871. The van der Waals surface area contributed by atoms with E-state index in [1.54, 1.807) is 18.5 Å². The Bertz CT molecular complexity index is 704. The number of carbonyl (C=O) groups is 2. The maximum Gasteiger partial charge on any atom is 0.255 e. The van der Waals surface area contributed by atoms with Gasteiger partial charge in [0.1, 0.15) is 0 Å². The fourth-order valence-corrected chi connectivity index (χ4v) is 6.83. The second-order valence-electron chi connectivity index (χ2n) is 9.89. The van der Waals surface area contributed by atoms with Crippen molar-refractivity contribution in [3.63, 3.8) is 0 Å². The monoisotopic (exact) mass is 381 g/mol. The van der Waals surface area contributed by atoms with Crippen LogP contribution in [0.4, 0.5) is 0 Å². The Labute approximate surface area is 167 Å². The summed E-state index contributed by atoms with van der Waals surface area (Å²) in [7, 11) is 0. The number of carbonyl (C=O) groups excluding carboxylic acids is 2. The van der Waals surface area contributed by atoms with E-state index in [2.05, 4.69) is 10.3 Å². The highest BCUT2D eigenvalue weighted by Gasteiger charge is 2.54. The zero-order valence-electron chi connectivity index (χ0n) is 16.6. The van der Waals surface area contributed by atoms with Crippen molar-refractivity contribution < 1.29 is 9.59 Å². The van der Waals surface area contributed by atoms with Crippen LogP contribution < -0.4 is 5.32 Å². The lowest BCUT2D eigenvalue weighted by Gasteiger charge is -2.55. The molecule has 4 saturated carbocycles. The van der Waals surface area contributed by atoms with E-state index in [-0.39, 0.29) is 11.3 Å². The van der Waals surface area contributed by atoms with Crippen molar-refractivity contribution in [2.24, 2.45) is 29.1 Å². The number of hydrogen-bond acceptors (Lipinski definition) is 3. The van der Waals surface area contributed by atoms with Gasteiger partial charge < -0.3 is 10.2 Å². The molecule has 1 N–H and O–H groups in total. The third-order valence-electron chi connectivity index (χ3n) is 7.88. The average molecular weight is 382 g/mol. The van der Waals surface area contributed by atoms with Crippen LogP contribution in [0, 0.1) is 29.1 Å². The van der Waals surface area contributed by atoms with E-state index in [0.29, 0.717) is 17.4 Å². The normalized spacial score (nSPS) is 34.4. The van der Waals surface area contributed by atoms with Crippen LogP contribution in [0.3, 0.4) is 0 Å². The second-order valence-corrected chi connectivity index (χ2v) is 9.89. The van der Waals surface area contributed by atoms with Gasteiger partial charge in [-0.3, -0.25) is 14.6 Å². The number of hydrogen-bond donors (Lipinski definition) is 1. The number of likely N-dealkylation sites (tertiary alicyclic amines) is 1. The second kappa shape index (κ2) is 7.16. The van der Waals surface area contributed by atoms with Crippen molar-refractivity contribution in [3.8, 4) is 0 Å². The minimum absolute atomic E-state index is 0.0499. The molecule has 0 atom stereocenters. The number of piperidine rings is 1. The van der Waals surface area contributed by atoms with Crippen LogP contribution in [-0.2, 0) is 4.79 Å². The van der Waals surface area contributed by atoms with Crippen molar-refractivity contribution in [3.05, 3.63) is 30.1 Å². The predicted octanol–water partition coefficient (Wildman–Crippen LogP) is 3.27. The van der Waals surface area contributed by atoms with E-state index in [4.69, 9.17) is 0 Å². The Morgan fingerprint density at radius 2 is 1.71 bits per heavy atom. The van der Waals surface area contributed by atoms with Crippen LogP contribution in [0.1, 0.15) is 61.7 Å². The Balaban J connectivity index is 1.12. The van der Waals surface area contributed by atoms with Gasteiger partial charge in [-0.05, 0) is 87.2 Å². The van der Waals surface area contributed by atoms with Gasteiger partial charge in [-0.25, -0.2) is 0 Å². The van der Waals surface area contributed by atoms with Crippen molar-refractivity contribution in [1.82, 2.24) is 15.2 Å². The first-order chi connectivity index (χ1) is 13.6. The van der Waals surface area contributed by atoms with E-state index in [1.807, 2.05) is 11.0 Å². The molecule has 0 spiro atoms. The van der Waals surface area contributed by atoms with Crippen molar-refractivity contribution >= 4 is 11.8 Å². The minimum Gasteiger partial charge on any atom is -0.355 e. The van der Waals surface area contributed by atoms with Gasteiger partial charge in [0.15, 0.2) is 0 Å². The molecule has 1 aromatic rings. The summed E-state index contributed by atoms with van der Waals surface area (Å²) in [5, 5.41) is 3.33. The van der Waals surface area contributed by atoms with Gasteiger partial charge in [-0.2, -0.15) is 0 Å². The SMILES string of the molecule is O=C(c1cccnc1)N1CCC(CNC(=O)C23CC4CC(CC(C4)C2)C3)CC1. The van der Waals surface area contributed by atoms with Gasteiger partial charge in [0.25, 0.3) is 5.91 Å². The summed E-state index contributed by atoms with van der Waals surface area (Å²) in [6.45, 7) is 2.31. The molecule has 5 heteroatoms. The van der Waals surface area contributed by atoms with E-state index in [1.165, 1.54) is 19.3 Å². The molecule has 2 amide bonds. The largest absolute Gasteiger partial charge is 0.355 e. The zero-order chi connectivity index (χ0) is 19.1. The lowest BCUT2D eigenvalue weighted by atomic mass is 9.49. The highest BCUT2D eigenvalue weighted by Crippen LogP contribution is 2.60. The highest BCUT2D eigenvalue weighted by molar-refractivity contribution is 5.93. The van der Waals surface area contributed by atoms with Gasteiger partial charge in [0.05, 0.1) is 5.56 Å². The third kappa shape index (κ3) is 3.33. The molecule has 150 valence electrons. The molecule has 1 aliphatic heterocycles. The van der Waals surface area contributed by atoms with Crippen LogP contribution in [0.5, 0.6) is 0 Å². The molecule has 5 nitrogen and oxygen atoms in total. The van der Waals surface area contributed by atoms with Crippen LogP contribution in [0.2, 0.25) is 0 Å². The minimum atomic E-state index is -0.0499. The Kier molecular flexibility index (Phi) is 4.64. The number of pyridine rings is 1. The lowest BCUT2D eigenvalue weighted by molar-refractivity contribution is -0.146. The Hall–Kier alpha value is -1.91. The molecule has 2 heterocycles. The topological polar surface area (TPSA) is 62.3 Å². The smallest absolute Gasteiger partial charge is 0.255 e. The molecule has 6 rings (SSSR count). The van der Waals surface area contributed by atoms with Crippen LogP contribution in [0.25, 0.3) is 0 Å². The molecule has 5 fully saturated rings. The van der Waals surface area contributed by atoms with Crippen molar-refractivity contribution in [2.45, 2.75) is 51.4 Å². The number of rotatable bonds is 4. The number of nitrogens with zero attached hydrogens (tertiary/aromatic N) is 2. The fraction of sp³-hybridized carbons (Fsp3) is 0.696. The van der Waals surface area contributed by atoms with Crippen molar-refractivity contribution in [1.29, 1.82) is 0 Å². The molecule has 1 aromatic heterocycles. The molecule has 0 radical (unpaired) electrons. The van der Waals surface area contributed by atoms with E-state index in [9.17, 15) is 9.59 Å². The van der Waals surface area contributed by atoms with Gasteiger partial charge in [0.2, 0.25) is 5.91 Å². The maximum absolute atomic E-state index is 13.1. The standard InChI is InChI=1S/C23H31N3O2/c27-21(20-2-1-5-24-15-20)26-6-3-16(4-7-26)14-25-22(28)23-11-17-8-18(12-23)10-19(9-17)13-23/h1-2,5,15-19H,3-4,6-14H2,(H,25,28). The summed E-state index contributed by atoms with van der Waals surface area (Å²) in [5.74, 6) is 3.30. The van der Waals surface area contributed by atoms with Gasteiger partial charge in [-0.1, -0.05) is 0 Å². The van der Waals surface area contributed by atoms with Crippen molar-refractivity contribution in [2.75, 3.05) is 19.6 Å². The molecule has 5 aliphatic rings. The number of nitrogens with one attached hydrogen (secondary N) is 1.